The maximum Gasteiger partial charge on any atom is 0.0969 e. The Balaban J connectivity index is 1.90. The molecule has 0 amide bonds. The van der Waals surface area contributed by atoms with Crippen molar-refractivity contribution < 1.29 is 0 Å². The van der Waals surface area contributed by atoms with Crippen LogP contribution in [0.5, 0.6) is 0 Å². The number of likely N-dealkylation sites (N-methyl/N-ethyl adjacent to an activating group) is 1. The highest BCUT2D eigenvalue weighted by Gasteiger charge is 2.38. The van der Waals surface area contributed by atoms with Crippen LogP contribution < -0.4 is 5.73 Å². The van der Waals surface area contributed by atoms with Crippen LogP contribution in [0.3, 0.4) is 0 Å². The fourth-order valence-corrected chi connectivity index (χ4v) is 3.10. The number of hydrogen-bond donors (Lipinski definition) is 1. The Kier molecular flexibility index (Phi) is 4.08. The predicted octanol–water partition coefficient (Wildman–Crippen LogP) is 2.41. The summed E-state index contributed by atoms with van der Waals surface area (Å²) in [5.41, 5.74) is 6.48. The molecule has 3 nitrogen and oxygen atoms in total. The van der Waals surface area contributed by atoms with E-state index in [4.69, 9.17) is 10.7 Å². The summed E-state index contributed by atoms with van der Waals surface area (Å²) >= 11 is 0. The van der Waals surface area contributed by atoms with Gasteiger partial charge in [0.25, 0.3) is 0 Å². The average molecular weight is 237 g/mol. The van der Waals surface area contributed by atoms with Crippen molar-refractivity contribution >= 4 is 5.84 Å². The Hall–Kier alpha value is -0.570. The van der Waals surface area contributed by atoms with Gasteiger partial charge in [-0.3, -0.25) is 4.99 Å². The highest BCUT2D eigenvalue weighted by atomic mass is 15.2. The zero-order chi connectivity index (χ0) is 12.3. The van der Waals surface area contributed by atoms with E-state index in [9.17, 15) is 0 Å². The van der Waals surface area contributed by atoms with E-state index in [1.807, 2.05) is 0 Å². The van der Waals surface area contributed by atoms with Gasteiger partial charge in [-0.15, -0.1) is 0 Å². The quantitative estimate of drug-likeness (QED) is 0.602. The third kappa shape index (κ3) is 2.82. The highest BCUT2D eigenvalue weighted by molar-refractivity contribution is 5.82. The van der Waals surface area contributed by atoms with Crippen LogP contribution in [0.4, 0.5) is 0 Å². The lowest BCUT2D eigenvalue weighted by Gasteiger charge is -2.46. The molecular weight excluding hydrogens is 210 g/mol. The molecule has 2 fully saturated rings. The van der Waals surface area contributed by atoms with Gasteiger partial charge in [-0.05, 0) is 46.2 Å². The van der Waals surface area contributed by atoms with Gasteiger partial charge in [0.15, 0.2) is 0 Å². The van der Waals surface area contributed by atoms with Crippen LogP contribution in [0.25, 0.3) is 0 Å². The van der Waals surface area contributed by atoms with Gasteiger partial charge in [-0.25, -0.2) is 0 Å². The molecule has 0 saturated heterocycles. The molecule has 2 rings (SSSR count). The molecule has 0 aromatic rings. The zero-order valence-corrected chi connectivity index (χ0v) is 11.4. The fourth-order valence-electron chi connectivity index (χ4n) is 3.10. The molecule has 3 heteroatoms. The molecule has 2 aliphatic carbocycles. The minimum atomic E-state index is 0.319. The summed E-state index contributed by atoms with van der Waals surface area (Å²) in [6.07, 6.45) is 10.5. The van der Waals surface area contributed by atoms with Crippen molar-refractivity contribution in [1.82, 2.24) is 4.90 Å². The van der Waals surface area contributed by atoms with Gasteiger partial charge >= 0.3 is 0 Å². The van der Waals surface area contributed by atoms with Gasteiger partial charge in [0.05, 0.1) is 12.4 Å². The Morgan fingerprint density at radius 2 is 1.82 bits per heavy atom. The van der Waals surface area contributed by atoms with E-state index < -0.39 is 0 Å². The van der Waals surface area contributed by atoms with Gasteiger partial charge in [-0.1, -0.05) is 19.3 Å². The Bertz CT molecular complexity index is 273. The summed E-state index contributed by atoms with van der Waals surface area (Å²) in [4.78, 5) is 7.06. The maximum absolute atomic E-state index is 6.17. The standard InChI is InChI=1S/C14H27N3/c1-17(2)14(9-6-10-14)11-16-13(15)12-7-4-3-5-8-12/h12H,3-11H2,1-2H3,(H2,15,16). The van der Waals surface area contributed by atoms with Crippen LogP contribution in [0.1, 0.15) is 51.4 Å². The van der Waals surface area contributed by atoms with Crippen molar-refractivity contribution in [3.8, 4) is 0 Å². The summed E-state index contributed by atoms with van der Waals surface area (Å²) in [5.74, 6) is 1.50. The third-order valence-electron chi connectivity index (χ3n) is 4.81. The molecule has 98 valence electrons. The zero-order valence-electron chi connectivity index (χ0n) is 11.4. The van der Waals surface area contributed by atoms with Crippen molar-refractivity contribution in [3.05, 3.63) is 0 Å². The smallest absolute Gasteiger partial charge is 0.0969 e. The largest absolute Gasteiger partial charge is 0.387 e. The second-order valence-corrected chi connectivity index (χ2v) is 6.05. The van der Waals surface area contributed by atoms with Crippen LogP contribution in [0, 0.1) is 5.92 Å². The van der Waals surface area contributed by atoms with Crippen molar-refractivity contribution in [2.24, 2.45) is 16.6 Å². The highest BCUT2D eigenvalue weighted by Crippen LogP contribution is 2.36. The third-order valence-corrected chi connectivity index (χ3v) is 4.81. The number of amidine groups is 1. The molecule has 0 radical (unpaired) electrons. The number of rotatable bonds is 4. The number of hydrogen-bond acceptors (Lipinski definition) is 2. The van der Waals surface area contributed by atoms with Crippen LogP contribution in [-0.4, -0.2) is 36.9 Å². The normalized spacial score (nSPS) is 25.9. The first-order valence-corrected chi connectivity index (χ1v) is 7.11. The van der Waals surface area contributed by atoms with Gasteiger partial charge in [0.1, 0.15) is 0 Å². The summed E-state index contributed by atoms with van der Waals surface area (Å²) in [7, 11) is 4.34. The topological polar surface area (TPSA) is 41.6 Å². The summed E-state index contributed by atoms with van der Waals surface area (Å²) < 4.78 is 0. The molecule has 0 spiro atoms. The van der Waals surface area contributed by atoms with E-state index >= 15 is 0 Å². The number of aliphatic imine (C=N–C) groups is 1. The Morgan fingerprint density at radius 3 is 2.29 bits per heavy atom. The summed E-state index contributed by atoms with van der Waals surface area (Å²) in [5, 5.41) is 0. The SMILES string of the molecule is CN(C)C1(CN=C(N)C2CCCCC2)CCC1. The van der Waals surface area contributed by atoms with Crippen LogP contribution in [0.2, 0.25) is 0 Å². The van der Waals surface area contributed by atoms with Gasteiger partial charge in [0.2, 0.25) is 0 Å². The number of nitrogens with zero attached hydrogens (tertiary/aromatic N) is 2. The van der Waals surface area contributed by atoms with Gasteiger partial charge in [-0.2, -0.15) is 0 Å². The second-order valence-electron chi connectivity index (χ2n) is 6.05. The lowest BCUT2D eigenvalue weighted by Crippen LogP contribution is -2.52. The summed E-state index contributed by atoms with van der Waals surface area (Å²) in [6.45, 7) is 0.905. The molecule has 0 heterocycles. The molecule has 2 aliphatic rings. The summed E-state index contributed by atoms with van der Waals surface area (Å²) in [6, 6.07) is 0. The molecule has 2 N–H and O–H groups in total. The molecule has 0 atom stereocenters. The molecule has 0 bridgehead atoms. The molecule has 0 aromatic carbocycles. The first-order chi connectivity index (χ1) is 8.14. The molecule has 2 saturated carbocycles. The first kappa shape index (κ1) is 12.9. The molecule has 17 heavy (non-hydrogen) atoms. The lowest BCUT2D eigenvalue weighted by molar-refractivity contribution is 0.0699. The molecule has 0 aliphatic heterocycles. The van der Waals surface area contributed by atoms with E-state index in [1.165, 1.54) is 51.4 Å². The minimum Gasteiger partial charge on any atom is -0.387 e. The van der Waals surface area contributed by atoms with E-state index in [0.29, 0.717) is 11.5 Å². The fraction of sp³-hybridized carbons (Fsp3) is 0.929. The maximum atomic E-state index is 6.17. The molecular formula is C14H27N3. The van der Waals surface area contributed by atoms with Crippen LogP contribution in [0.15, 0.2) is 4.99 Å². The van der Waals surface area contributed by atoms with E-state index in [-0.39, 0.29) is 0 Å². The number of nitrogens with two attached hydrogens (primary N) is 1. The van der Waals surface area contributed by atoms with Crippen molar-refractivity contribution in [2.45, 2.75) is 56.9 Å². The van der Waals surface area contributed by atoms with Crippen LogP contribution >= 0.6 is 0 Å². The van der Waals surface area contributed by atoms with Gasteiger partial charge < -0.3 is 10.6 Å². The molecule has 0 aromatic heterocycles. The monoisotopic (exact) mass is 237 g/mol. The second kappa shape index (κ2) is 5.38. The van der Waals surface area contributed by atoms with Crippen molar-refractivity contribution in [2.75, 3.05) is 20.6 Å². The van der Waals surface area contributed by atoms with E-state index in [2.05, 4.69) is 19.0 Å². The van der Waals surface area contributed by atoms with Gasteiger partial charge in [0, 0.05) is 11.5 Å². The van der Waals surface area contributed by atoms with Crippen molar-refractivity contribution in [3.63, 3.8) is 0 Å². The average Bonchev–Trinajstić information content (AvgIpc) is 2.28. The van der Waals surface area contributed by atoms with E-state index in [1.54, 1.807) is 0 Å². The van der Waals surface area contributed by atoms with Crippen LogP contribution in [-0.2, 0) is 0 Å². The predicted molar refractivity (Wildman–Crippen MR) is 73.3 cm³/mol. The van der Waals surface area contributed by atoms with Crippen molar-refractivity contribution in [1.29, 1.82) is 0 Å². The first-order valence-electron chi connectivity index (χ1n) is 7.11. The Labute approximate surface area is 105 Å². The minimum absolute atomic E-state index is 0.319. The molecule has 0 unspecified atom stereocenters. The Morgan fingerprint density at radius 1 is 1.18 bits per heavy atom. The van der Waals surface area contributed by atoms with E-state index in [0.717, 1.165) is 12.4 Å². The lowest BCUT2D eigenvalue weighted by atomic mass is 9.75.